The Bertz CT molecular complexity index is 784. The van der Waals surface area contributed by atoms with Crippen LogP contribution in [0.4, 0.5) is 0 Å². The van der Waals surface area contributed by atoms with E-state index in [4.69, 9.17) is 9.47 Å². The van der Waals surface area contributed by atoms with Crippen LogP contribution in [0.2, 0.25) is 0 Å². The van der Waals surface area contributed by atoms with E-state index in [1.807, 2.05) is 25.1 Å². The fourth-order valence-electron chi connectivity index (χ4n) is 2.38. The van der Waals surface area contributed by atoms with Crippen molar-refractivity contribution in [2.24, 2.45) is 0 Å². The number of carbonyl (C=O) groups is 2. The smallest absolute Gasteiger partial charge is 0.331 e. The summed E-state index contributed by atoms with van der Waals surface area (Å²) in [6.45, 7) is 5.38. The van der Waals surface area contributed by atoms with Crippen LogP contribution in [0.5, 0.6) is 5.75 Å². The van der Waals surface area contributed by atoms with Gasteiger partial charge >= 0.3 is 5.97 Å². The van der Waals surface area contributed by atoms with Crippen LogP contribution in [0.25, 0.3) is 5.69 Å². The number of rotatable bonds is 6. The molecule has 0 fully saturated rings. The number of methoxy groups -OCH3 is 2. The van der Waals surface area contributed by atoms with Crippen molar-refractivity contribution in [3.05, 3.63) is 41.7 Å². The Balaban J connectivity index is 2.28. The Labute approximate surface area is 146 Å². The number of amides is 1. The quantitative estimate of drug-likeness (QED) is 0.812. The van der Waals surface area contributed by atoms with Gasteiger partial charge in [0.1, 0.15) is 17.0 Å². The van der Waals surface area contributed by atoms with Crippen molar-refractivity contribution in [2.75, 3.05) is 14.2 Å². The molecule has 2 rings (SSSR count). The summed E-state index contributed by atoms with van der Waals surface area (Å²) < 4.78 is 11.7. The van der Waals surface area contributed by atoms with Gasteiger partial charge in [-0.1, -0.05) is 13.0 Å². The van der Waals surface area contributed by atoms with Gasteiger partial charge in [0.05, 0.1) is 14.2 Å². The van der Waals surface area contributed by atoms with Crippen LogP contribution < -0.4 is 10.1 Å². The second-order valence-corrected chi connectivity index (χ2v) is 5.95. The Kier molecular flexibility index (Phi) is 5.46. The lowest BCUT2D eigenvalue weighted by Gasteiger charge is -2.25. The summed E-state index contributed by atoms with van der Waals surface area (Å²) in [6, 6.07) is 7.28. The summed E-state index contributed by atoms with van der Waals surface area (Å²) in [4.78, 5) is 24.4. The Morgan fingerprint density at radius 1 is 1.28 bits per heavy atom. The molecule has 25 heavy (non-hydrogen) atoms. The topological polar surface area (TPSA) is 82.5 Å². The predicted molar refractivity (Wildman–Crippen MR) is 93.0 cm³/mol. The number of hydrogen-bond donors (Lipinski definition) is 1. The molecular formula is C18H23N3O4. The molecule has 0 spiro atoms. The zero-order valence-electron chi connectivity index (χ0n) is 15.1. The first-order valence-electron chi connectivity index (χ1n) is 7.96. The van der Waals surface area contributed by atoms with E-state index in [0.717, 1.165) is 11.3 Å². The van der Waals surface area contributed by atoms with Gasteiger partial charge in [0, 0.05) is 6.20 Å². The van der Waals surface area contributed by atoms with Crippen LogP contribution >= 0.6 is 0 Å². The van der Waals surface area contributed by atoms with Gasteiger partial charge in [-0.15, -0.1) is 0 Å². The predicted octanol–water partition coefficient (Wildman–Crippen LogP) is 2.26. The van der Waals surface area contributed by atoms with Crippen LogP contribution in [0.1, 0.15) is 36.3 Å². The average molecular weight is 345 g/mol. The van der Waals surface area contributed by atoms with Crippen molar-refractivity contribution >= 4 is 11.9 Å². The highest BCUT2D eigenvalue weighted by molar-refractivity contribution is 5.96. The summed E-state index contributed by atoms with van der Waals surface area (Å²) in [5, 5.41) is 7.00. The molecule has 1 aromatic heterocycles. The number of ether oxygens (including phenoxy) is 2. The maximum Gasteiger partial charge on any atom is 0.331 e. The molecule has 0 unspecified atom stereocenters. The molecule has 7 nitrogen and oxygen atoms in total. The number of esters is 1. The minimum absolute atomic E-state index is 0.201. The summed E-state index contributed by atoms with van der Waals surface area (Å²) in [6.07, 6.45) is 2.07. The molecule has 1 N–H and O–H groups in total. The summed E-state index contributed by atoms with van der Waals surface area (Å²) in [5.41, 5.74) is 0.873. The molecule has 1 aromatic carbocycles. The molecule has 1 atom stereocenters. The highest BCUT2D eigenvalue weighted by Gasteiger charge is 2.34. The monoisotopic (exact) mass is 345 g/mol. The van der Waals surface area contributed by atoms with Crippen LogP contribution in [0.3, 0.4) is 0 Å². The van der Waals surface area contributed by atoms with E-state index in [1.54, 1.807) is 37.9 Å². The number of nitrogens with zero attached hydrogens (tertiary/aromatic N) is 2. The highest BCUT2D eigenvalue weighted by atomic mass is 16.5. The molecule has 1 heterocycles. The average Bonchev–Trinajstić information content (AvgIpc) is 3.10. The number of hydrogen-bond acceptors (Lipinski definition) is 5. The van der Waals surface area contributed by atoms with Crippen molar-refractivity contribution in [1.82, 2.24) is 15.1 Å². The number of benzene rings is 1. The molecule has 0 saturated carbocycles. The molecule has 0 bridgehead atoms. The summed E-state index contributed by atoms with van der Waals surface area (Å²) in [5.74, 6) is -0.295. The van der Waals surface area contributed by atoms with E-state index in [1.165, 1.54) is 7.11 Å². The van der Waals surface area contributed by atoms with Crippen LogP contribution in [-0.2, 0) is 9.53 Å². The van der Waals surface area contributed by atoms with Gasteiger partial charge < -0.3 is 14.8 Å². The van der Waals surface area contributed by atoms with Crippen molar-refractivity contribution < 1.29 is 19.1 Å². The van der Waals surface area contributed by atoms with Crippen molar-refractivity contribution in [3.8, 4) is 11.4 Å². The van der Waals surface area contributed by atoms with Crippen LogP contribution in [0.15, 0.2) is 30.5 Å². The van der Waals surface area contributed by atoms with E-state index < -0.39 is 17.4 Å². The van der Waals surface area contributed by atoms with E-state index in [9.17, 15) is 9.59 Å². The molecule has 0 saturated heterocycles. The zero-order valence-corrected chi connectivity index (χ0v) is 15.1. The molecule has 2 aromatic rings. The second-order valence-electron chi connectivity index (χ2n) is 5.95. The number of aryl methyl sites for hydroxylation is 1. The molecule has 0 aliphatic heterocycles. The molecule has 0 radical (unpaired) electrons. The first kappa shape index (κ1) is 18.5. The molecule has 0 aliphatic rings. The van der Waals surface area contributed by atoms with E-state index in [0.29, 0.717) is 12.2 Å². The minimum atomic E-state index is -1.10. The lowest BCUT2D eigenvalue weighted by Crippen LogP contribution is -2.52. The normalized spacial score (nSPS) is 13.0. The third-order valence-electron chi connectivity index (χ3n) is 4.14. The highest BCUT2D eigenvalue weighted by Crippen LogP contribution is 2.23. The Morgan fingerprint density at radius 2 is 2.00 bits per heavy atom. The number of carbonyl (C=O) groups excluding carboxylic acids is 2. The first-order chi connectivity index (χ1) is 11.8. The minimum Gasteiger partial charge on any atom is -0.494 e. The largest absolute Gasteiger partial charge is 0.494 e. The molecule has 1 amide bonds. The maximum atomic E-state index is 12.5. The van der Waals surface area contributed by atoms with Crippen molar-refractivity contribution in [2.45, 2.75) is 32.7 Å². The Morgan fingerprint density at radius 3 is 2.60 bits per heavy atom. The van der Waals surface area contributed by atoms with Crippen LogP contribution in [-0.4, -0.2) is 41.4 Å². The first-order valence-corrected chi connectivity index (χ1v) is 7.96. The number of nitrogens with one attached hydrogen (secondary N) is 1. The molecular weight excluding hydrogens is 322 g/mol. The molecule has 0 aliphatic carbocycles. The summed E-state index contributed by atoms with van der Waals surface area (Å²) >= 11 is 0. The second kappa shape index (κ2) is 7.38. The maximum absolute atomic E-state index is 12.5. The SMILES string of the molecule is CC[C@@](C)(NC(=O)c1ccn(-c2cc(C)ccc2OC)n1)C(=O)OC. The fourth-order valence-corrected chi connectivity index (χ4v) is 2.38. The van der Waals surface area contributed by atoms with Crippen LogP contribution in [0, 0.1) is 6.92 Å². The van der Waals surface area contributed by atoms with Gasteiger partial charge in [-0.2, -0.15) is 5.10 Å². The Hall–Kier alpha value is -2.83. The third kappa shape index (κ3) is 3.81. The van der Waals surface area contributed by atoms with Gasteiger partial charge in [-0.3, -0.25) is 4.79 Å². The summed E-state index contributed by atoms with van der Waals surface area (Å²) in [7, 11) is 2.87. The molecule has 134 valence electrons. The van der Waals surface area contributed by atoms with Gasteiger partial charge in [0.15, 0.2) is 5.69 Å². The van der Waals surface area contributed by atoms with E-state index >= 15 is 0 Å². The number of aromatic nitrogens is 2. The standard InChI is InChI=1S/C18H23N3O4/c1-6-18(3,17(23)25-5)19-16(22)13-9-10-21(20-13)14-11-12(2)7-8-15(14)24-4/h7-11H,6H2,1-5H3,(H,19,22)/t18-/m1/s1. The lowest BCUT2D eigenvalue weighted by atomic mass is 9.99. The zero-order chi connectivity index (χ0) is 18.6. The van der Waals surface area contributed by atoms with Gasteiger partial charge in [0.25, 0.3) is 5.91 Å². The van der Waals surface area contributed by atoms with Gasteiger partial charge in [-0.05, 0) is 44.0 Å². The van der Waals surface area contributed by atoms with Gasteiger partial charge in [-0.25, -0.2) is 9.48 Å². The van der Waals surface area contributed by atoms with Crippen molar-refractivity contribution in [1.29, 1.82) is 0 Å². The lowest BCUT2D eigenvalue weighted by molar-refractivity contribution is -0.147. The third-order valence-corrected chi connectivity index (χ3v) is 4.14. The fraction of sp³-hybridized carbons (Fsp3) is 0.389. The van der Waals surface area contributed by atoms with Gasteiger partial charge in [0.2, 0.25) is 0 Å². The molecule has 7 heteroatoms. The van der Waals surface area contributed by atoms with E-state index in [2.05, 4.69) is 10.4 Å². The van der Waals surface area contributed by atoms with E-state index in [-0.39, 0.29) is 5.69 Å². The van der Waals surface area contributed by atoms with Crippen molar-refractivity contribution in [3.63, 3.8) is 0 Å².